The molecule has 0 spiro atoms. The van der Waals surface area contributed by atoms with Crippen LogP contribution in [0, 0.1) is 0 Å². The van der Waals surface area contributed by atoms with Gasteiger partial charge in [0.05, 0.1) is 28.1 Å². The largest absolute Gasteiger partial charge is 0.457 e. The standard InChI is InChI=1S/C52H36N4OSi/c1-4-18-38(19-5-1)55-47-29-11-10-27-44(47)45-35-51-49(36-48(45)55)56(39-20-15-22-41(34-39)57-40-21-14-17-37(33-40)46-28-12-13-31-53-46)52-50(30-16-32-54-52)58(51,42-23-6-2-7-24-42)43-25-8-3-9-26-43/h1-36H. The van der Waals surface area contributed by atoms with Crippen molar-refractivity contribution in [3.05, 3.63) is 219 Å². The minimum absolute atomic E-state index is 0.731. The van der Waals surface area contributed by atoms with E-state index in [9.17, 15) is 0 Å². The van der Waals surface area contributed by atoms with E-state index in [1.165, 1.54) is 37.0 Å². The zero-order valence-electron chi connectivity index (χ0n) is 31.5. The van der Waals surface area contributed by atoms with Gasteiger partial charge in [-0.3, -0.25) is 9.88 Å². The molecule has 0 fully saturated rings. The summed E-state index contributed by atoms with van der Waals surface area (Å²) in [5, 5.41) is 7.61. The highest BCUT2D eigenvalue weighted by molar-refractivity contribution is 7.21. The highest BCUT2D eigenvalue weighted by Crippen LogP contribution is 2.42. The number of fused-ring (bicyclic) bond motifs is 5. The summed E-state index contributed by atoms with van der Waals surface area (Å²) in [7, 11) is -2.99. The number of para-hydroxylation sites is 2. The van der Waals surface area contributed by atoms with E-state index in [2.05, 4.69) is 178 Å². The topological polar surface area (TPSA) is 43.2 Å². The third kappa shape index (κ3) is 5.38. The molecular weight excluding hydrogens is 725 g/mol. The molecule has 0 aliphatic carbocycles. The summed E-state index contributed by atoms with van der Waals surface area (Å²) in [5.74, 6) is 2.39. The number of rotatable bonds is 7. The molecule has 0 bridgehead atoms. The van der Waals surface area contributed by atoms with Gasteiger partial charge in [-0.2, -0.15) is 0 Å². The minimum atomic E-state index is -2.99. The van der Waals surface area contributed by atoms with Gasteiger partial charge >= 0.3 is 0 Å². The van der Waals surface area contributed by atoms with Crippen LogP contribution in [0.15, 0.2) is 219 Å². The molecule has 0 amide bonds. The Kier molecular flexibility index (Phi) is 8.08. The lowest BCUT2D eigenvalue weighted by molar-refractivity contribution is 0.483. The van der Waals surface area contributed by atoms with Crippen molar-refractivity contribution in [2.45, 2.75) is 0 Å². The van der Waals surface area contributed by atoms with Gasteiger partial charge in [0.15, 0.2) is 8.07 Å². The molecule has 11 rings (SSSR count). The first-order valence-electron chi connectivity index (χ1n) is 19.6. The van der Waals surface area contributed by atoms with E-state index < -0.39 is 8.07 Å². The molecule has 4 heterocycles. The van der Waals surface area contributed by atoms with Crippen molar-refractivity contribution in [1.82, 2.24) is 14.5 Å². The maximum atomic E-state index is 6.64. The number of aromatic nitrogens is 3. The molecule has 6 heteroatoms. The monoisotopic (exact) mass is 760 g/mol. The van der Waals surface area contributed by atoms with Crippen LogP contribution in [0.2, 0.25) is 0 Å². The number of anilines is 3. The number of ether oxygens (including phenoxy) is 1. The lowest BCUT2D eigenvalue weighted by atomic mass is 10.1. The number of pyridine rings is 2. The van der Waals surface area contributed by atoms with Gasteiger partial charge in [-0.05, 0) is 93.5 Å². The van der Waals surface area contributed by atoms with E-state index in [0.717, 1.165) is 51.2 Å². The maximum absolute atomic E-state index is 6.64. The van der Waals surface area contributed by atoms with E-state index in [-0.39, 0.29) is 0 Å². The zero-order chi connectivity index (χ0) is 38.5. The zero-order valence-corrected chi connectivity index (χ0v) is 32.5. The molecule has 0 saturated heterocycles. The van der Waals surface area contributed by atoms with Crippen LogP contribution in [0.25, 0.3) is 38.8 Å². The molecule has 0 unspecified atom stereocenters. The Balaban J connectivity index is 1.19. The lowest BCUT2D eigenvalue weighted by Gasteiger charge is -2.44. The van der Waals surface area contributed by atoms with Crippen LogP contribution in [0.3, 0.4) is 0 Å². The quantitative estimate of drug-likeness (QED) is 0.152. The van der Waals surface area contributed by atoms with Crippen molar-refractivity contribution >= 4 is 67.8 Å². The van der Waals surface area contributed by atoms with E-state index in [1.807, 2.05) is 54.9 Å². The van der Waals surface area contributed by atoms with Crippen molar-refractivity contribution in [2.24, 2.45) is 0 Å². The second kappa shape index (κ2) is 13.9. The van der Waals surface area contributed by atoms with Gasteiger partial charge in [0.25, 0.3) is 0 Å². The SMILES string of the molecule is c1ccc(-n2c3ccccc3c3cc4c(cc32)N(c2cccc(Oc3cccc(-c5ccccn5)c3)c2)c2ncccc2[Si]4(c2ccccc2)c2ccccc2)cc1. The van der Waals surface area contributed by atoms with Crippen LogP contribution >= 0.6 is 0 Å². The lowest BCUT2D eigenvalue weighted by Crippen LogP contribution is -2.77. The van der Waals surface area contributed by atoms with Gasteiger partial charge in [0.2, 0.25) is 0 Å². The molecule has 5 nitrogen and oxygen atoms in total. The Labute approximate surface area is 337 Å². The summed E-state index contributed by atoms with van der Waals surface area (Å²) in [6, 6.07) is 73.5. The molecule has 0 saturated carbocycles. The van der Waals surface area contributed by atoms with Crippen LogP contribution in [0.4, 0.5) is 17.2 Å². The Bertz CT molecular complexity index is 3060. The van der Waals surface area contributed by atoms with Crippen LogP contribution in [0.1, 0.15) is 0 Å². The van der Waals surface area contributed by atoms with Crippen molar-refractivity contribution in [3.8, 4) is 28.4 Å². The van der Waals surface area contributed by atoms with E-state index in [4.69, 9.17) is 9.72 Å². The van der Waals surface area contributed by atoms with E-state index in [1.54, 1.807) is 0 Å². The fourth-order valence-electron chi connectivity index (χ4n) is 8.97. The first-order chi connectivity index (χ1) is 28.8. The number of benzene rings is 7. The van der Waals surface area contributed by atoms with E-state index >= 15 is 0 Å². The molecule has 58 heavy (non-hydrogen) atoms. The molecule has 274 valence electrons. The predicted molar refractivity (Wildman–Crippen MR) is 240 cm³/mol. The Morgan fingerprint density at radius 3 is 1.84 bits per heavy atom. The Hall–Kier alpha value is -7.54. The Morgan fingerprint density at radius 2 is 1.09 bits per heavy atom. The van der Waals surface area contributed by atoms with Crippen LogP contribution in [0.5, 0.6) is 11.5 Å². The van der Waals surface area contributed by atoms with Gasteiger partial charge in [-0.25, -0.2) is 4.98 Å². The van der Waals surface area contributed by atoms with Crippen molar-refractivity contribution < 1.29 is 4.74 Å². The molecule has 0 radical (unpaired) electrons. The maximum Gasteiger partial charge on any atom is 0.186 e. The second-order valence-corrected chi connectivity index (χ2v) is 18.3. The molecular formula is C52H36N4OSi. The fourth-order valence-corrected chi connectivity index (χ4v) is 14.0. The highest BCUT2D eigenvalue weighted by Gasteiger charge is 2.50. The summed E-state index contributed by atoms with van der Waals surface area (Å²) in [4.78, 5) is 12.2. The first-order valence-corrected chi connectivity index (χ1v) is 21.6. The summed E-state index contributed by atoms with van der Waals surface area (Å²) >= 11 is 0. The second-order valence-electron chi connectivity index (χ2n) is 14.6. The molecule has 0 atom stereocenters. The normalized spacial score (nSPS) is 12.9. The van der Waals surface area contributed by atoms with Crippen molar-refractivity contribution in [2.75, 3.05) is 4.90 Å². The summed E-state index contributed by atoms with van der Waals surface area (Å²) in [5.41, 5.74) is 7.39. The molecule has 1 aliphatic heterocycles. The molecule has 1 aliphatic rings. The third-order valence-corrected chi connectivity index (χ3v) is 16.2. The van der Waals surface area contributed by atoms with Crippen LogP contribution in [-0.4, -0.2) is 22.6 Å². The number of hydrogen-bond donors (Lipinski definition) is 0. The number of nitrogens with zero attached hydrogens (tertiary/aromatic N) is 4. The van der Waals surface area contributed by atoms with Crippen molar-refractivity contribution in [1.29, 1.82) is 0 Å². The molecule has 10 aromatic rings. The smallest absolute Gasteiger partial charge is 0.186 e. The van der Waals surface area contributed by atoms with Gasteiger partial charge in [-0.1, -0.05) is 127 Å². The van der Waals surface area contributed by atoms with Crippen LogP contribution < -0.4 is 30.4 Å². The molecule has 7 aromatic carbocycles. The van der Waals surface area contributed by atoms with Crippen molar-refractivity contribution in [3.63, 3.8) is 0 Å². The molecule has 3 aromatic heterocycles. The molecule has 0 N–H and O–H groups in total. The highest BCUT2D eigenvalue weighted by atomic mass is 28.3. The predicted octanol–water partition coefficient (Wildman–Crippen LogP) is 10.2. The van der Waals surface area contributed by atoms with Gasteiger partial charge < -0.3 is 9.30 Å². The Morgan fingerprint density at radius 1 is 0.431 bits per heavy atom. The fraction of sp³-hybridized carbons (Fsp3) is 0. The van der Waals surface area contributed by atoms with Gasteiger partial charge in [-0.15, -0.1) is 0 Å². The average molecular weight is 761 g/mol. The summed E-state index contributed by atoms with van der Waals surface area (Å²) in [6.45, 7) is 0. The minimum Gasteiger partial charge on any atom is -0.457 e. The van der Waals surface area contributed by atoms with Gasteiger partial charge in [0.1, 0.15) is 17.3 Å². The van der Waals surface area contributed by atoms with Gasteiger partial charge in [0, 0.05) is 40.5 Å². The van der Waals surface area contributed by atoms with Crippen LogP contribution in [-0.2, 0) is 0 Å². The first kappa shape index (κ1) is 33.8. The van der Waals surface area contributed by atoms with E-state index in [0.29, 0.717) is 0 Å². The third-order valence-electron chi connectivity index (χ3n) is 11.4. The number of hydrogen-bond acceptors (Lipinski definition) is 4. The summed E-state index contributed by atoms with van der Waals surface area (Å²) < 4.78 is 9.05. The average Bonchev–Trinajstić information content (AvgIpc) is 3.62. The summed E-state index contributed by atoms with van der Waals surface area (Å²) in [6.07, 6.45) is 3.74.